The summed E-state index contributed by atoms with van der Waals surface area (Å²) < 4.78 is 10.8. The molecule has 0 N–H and O–H groups in total. The van der Waals surface area contributed by atoms with Gasteiger partial charge in [0.25, 0.3) is 0 Å². The molecule has 8 heteroatoms. The van der Waals surface area contributed by atoms with Crippen molar-refractivity contribution in [2.75, 3.05) is 6.54 Å². The summed E-state index contributed by atoms with van der Waals surface area (Å²) in [6, 6.07) is 15.0. The third kappa shape index (κ3) is 10.7. The highest BCUT2D eigenvalue weighted by molar-refractivity contribution is 5.78. The summed E-state index contributed by atoms with van der Waals surface area (Å²) in [6.45, 7) is 7.47. The topological polar surface area (TPSA) is 103 Å². The fourth-order valence-corrected chi connectivity index (χ4v) is 2.53. The Bertz CT molecular complexity index is 871. The standard InChI is InChI=1S/C22H28N2O4.CO2/c1-5-18-12-9-13-19(23-18)14-24(15-20(25)28-22(2,3)4)21(26)27-16-17-10-7-6-8-11-17;2-1-3/h6-13H,5,14-16H2,1-4H3;. The summed E-state index contributed by atoms with van der Waals surface area (Å²) in [5.74, 6) is -0.490. The number of benzene rings is 1. The lowest BCUT2D eigenvalue weighted by Crippen LogP contribution is -2.38. The molecule has 2 rings (SSSR count). The van der Waals surface area contributed by atoms with Crippen LogP contribution in [-0.4, -0.2) is 40.2 Å². The summed E-state index contributed by atoms with van der Waals surface area (Å²) in [6.07, 6.45) is 0.455. The van der Waals surface area contributed by atoms with Crippen LogP contribution in [0.4, 0.5) is 4.79 Å². The summed E-state index contributed by atoms with van der Waals surface area (Å²) in [5, 5.41) is 0. The first kappa shape index (κ1) is 25.5. The first-order valence-electron chi connectivity index (χ1n) is 9.80. The molecule has 2 aromatic rings. The number of pyridine rings is 1. The van der Waals surface area contributed by atoms with E-state index in [9.17, 15) is 9.59 Å². The molecule has 8 nitrogen and oxygen atoms in total. The van der Waals surface area contributed by atoms with E-state index in [1.807, 2.05) is 55.5 Å². The van der Waals surface area contributed by atoms with Gasteiger partial charge in [-0.25, -0.2) is 4.79 Å². The minimum atomic E-state index is -0.628. The molecule has 0 saturated carbocycles. The first-order valence-corrected chi connectivity index (χ1v) is 9.80. The smallest absolute Gasteiger partial charge is 0.410 e. The average molecular weight is 428 g/mol. The number of aryl methyl sites for hydroxylation is 1. The average Bonchev–Trinajstić information content (AvgIpc) is 2.71. The number of aromatic nitrogens is 1. The molecule has 0 atom stereocenters. The lowest BCUT2D eigenvalue weighted by atomic mass is 10.2. The third-order valence-electron chi connectivity index (χ3n) is 3.78. The Balaban J connectivity index is 0.00000151. The third-order valence-corrected chi connectivity index (χ3v) is 3.78. The van der Waals surface area contributed by atoms with E-state index in [0.717, 1.165) is 17.7 Å². The number of amides is 1. The van der Waals surface area contributed by atoms with Crippen LogP contribution < -0.4 is 0 Å². The quantitative estimate of drug-likeness (QED) is 0.621. The van der Waals surface area contributed by atoms with Crippen LogP contribution in [0.2, 0.25) is 0 Å². The maximum absolute atomic E-state index is 12.6. The van der Waals surface area contributed by atoms with Crippen molar-refractivity contribution < 1.29 is 28.7 Å². The van der Waals surface area contributed by atoms with Gasteiger partial charge in [0.1, 0.15) is 18.8 Å². The van der Waals surface area contributed by atoms with Crippen molar-refractivity contribution in [2.24, 2.45) is 0 Å². The Kier molecular flexibility index (Phi) is 10.6. The number of carbonyl (C=O) groups is 2. The van der Waals surface area contributed by atoms with Gasteiger partial charge >= 0.3 is 18.2 Å². The zero-order valence-corrected chi connectivity index (χ0v) is 18.3. The van der Waals surface area contributed by atoms with Crippen LogP contribution in [0.15, 0.2) is 48.5 Å². The molecule has 0 aliphatic carbocycles. The Morgan fingerprint density at radius 3 is 2.19 bits per heavy atom. The fourth-order valence-electron chi connectivity index (χ4n) is 2.53. The van der Waals surface area contributed by atoms with Gasteiger partial charge in [-0.2, -0.15) is 9.59 Å². The number of carbonyl (C=O) groups excluding carboxylic acids is 4. The summed E-state index contributed by atoms with van der Waals surface area (Å²) >= 11 is 0. The molecule has 0 bridgehead atoms. The molecule has 1 heterocycles. The number of hydrogen-bond donors (Lipinski definition) is 0. The van der Waals surface area contributed by atoms with Crippen LogP contribution in [0.3, 0.4) is 0 Å². The van der Waals surface area contributed by atoms with Gasteiger partial charge < -0.3 is 9.47 Å². The van der Waals surface area contributed by atoms with Crippen molar-refractivity contribution in [1.29, 1.82) is 0 Å². The monoisotopic (exact) mass is 428 g/mol. The van der Waals surface area contributed by atoms with E-state index < -0.39 is 17.7 Å². The van der Waals surface area contributed by atoms with E-state index in [4.69, 9.17) is 19.1 Å². The summed E-state index contributed by atoms with van der Waals surface area (Å²) in [5.41, 5.74) is 1.86. The molecular formula is C23H28N2O6. The van der Waals surface area contributed by atoms with Crippen molar-refractivity contribution in [1.82, 2.24) is 9.88 Å². The molecule has 166 valence electrons. The minimum absolute atomic E-state index is 0.132. The highest BCUT2D eigenvalue weighted by Gasteiger charge is 2.24. The maximum atomic E-state index is 12.6. The van der Waals surface area contributed by atoms with Gasteiger partial charge in [0, 0.05) is 5.69 Å². The summed E-state index contributed by atoms with van der Waals surface area (Å²) in [7, 11) is 0. The fraction of sp³-hybridized carbons (Fsp3) is 0.391. The van der Waals surface area contributed by atoms with Crippen LogP contribution >= 0.6 is 0 Å². The van der Waals surface area contributed by atoms with E-state index in [0.29, 0.717) is 5.69 Å². The predicted octanol–water partition coefficient (Wildman–Crippen LogP) is 3.54. The number of esters is 1. The largest absolute Gasteiger partial charge is 0.459 e. The Hall–Kier alpha value is -3.51. The molecule has 0 spiro atoms. The maximum Gasteiger partial charge on any atom is 0.410 e. The van der Waals surface area contributed by atoms with Gasteiger partial charge in [0.15, 0.2) is 0 Å². The van der Waals surface area contributed by atoms with E-state index in [1.165, 1.54) is 4.90 Å². The number of nitrogens with zero attached hydrogens (tertiary/aromatic N) is 2. The second kappa shape index (κ2) is 12.9. The van der Waals surface area contributed by atoms with Crippen molar-refractivity contribution in [2.45, 2.75) is 52.9 Å². The molecule has 0 saturated heterocycles. The van der Waals surface area contributed by atoms with E-state index in [2.05, 4.69) is 4.98 Å². The van der Waals surface area contributed by atoms with Gasteiger partial charge in [-0.15, -0.1) is 0 Å². The van der Waals surface area contributed by atoms with Crippen molar-refractivity contribution >= 4 is 18.2 Å². The van der Waals surface area contributed by atoms with E-state index >= 15 is 0 Å². The van der Waals surface area contributed by atoms with Gasteiger partial charge in [0.2, 0.25) is 0 Å². The van der Waals surface area contributed by atoms with Crippen molar-refractivity contribution in [3.63, 3.8) is 0 Å². The number of hydrogen-bond acceptors (Lipinski definition) is 7. The summed E-state index contributed by atoms with van der Waals surface area (Å²) in [4.78, 5) is 47.0. The molecule has 0 radical (unpaired) electrons. The second-order valence-electron chi connectivity index (χ2n) is 7.54. The molecule has 1 aromatic carbocycles. The Labute approximate surface area is 182 Å². The van der Waals surface area contributed by atoms with Crippen LogP contribution in [0.25, 0.3) is 0 Å². The molecule has 0 fully saturated rings. The SMILES string of the molecule is CCc1cccc(CN(CC(=O)OC(C)(C)C)C(=O)OCc2ccccc2)n1.O=C=O. The number of ether oxygens (including phenoxy) is 2. The zero-order chi connectivity index (χ0) is 23.3. The van der Waals surface area contributed by atoms with Crippen LogP contribution in [0.5, 0.6) is 0 Å². The minimum Gasteiger partial charge on any atom is -0.459 e. The Morgan fingerprint density at radius 2 is 1.61 bits per heavy atom. The van der Waals surface area contributed by atoms with Gasteiger partial charge in [0.05, 0.1) is 12.2 Å². The lowest BCUT2D eigenvalue weighted by Gasteiger charge is -2.24. The molecule has 31 heavy (non-hydrogen) atoms. The first-order chi connectivity index (χ1) is 14.7. The molecule has 0 aliphatic rings. The van der Waals surface area contributed by atoms with Gasteiger partial charge in [-0.05, 0) is 44.9 Å². The molecule has 0 unspecified atom stereocenters. The van der Waals surface area contributed by atoms with Crippen LogP contribution in [0.1, 0.15) is 44.6 Å². The molecular weight excluding hydrogens is 400 g/mol. The van der Waals surface area contributed by atoms with Crippen molar-refractivity contribution in [3.05, 3.63) is 65.5 Å². The highest BCUT2D eigenvalue weighted by Crippen LogP contribution is 2.11. The van der Waals surface area contributed by atoms with Crippen LogP contribution in [-0.2, 0) is 43.4 Å². The van der Waals surface area contributed by atoms with Gasteiger partial charge in [-0.3, -0.25) is 14.7 Å². The second-order valence-corrected chi connectivity index (χ2v) is 7.54. The normalized spacial score (nSPS) is 10.2. The molecule has 1 aromatic heterocycles. The van der Waals surface area contributed by atoms with Crippen LogP contribution in [0, 0.1) is 0 Å². The predicted molar refractivity (Wildman–Crippen MR) is 112 cm³/mol. The van der Waals surface area contributed by atoms with Gasteiger partial charge in [-0.1, -0.05) is 43.3 Å². The number of rotatable bonds is 7. The van der Waals surface area contributed by atoms with E-state index in [1.54, 1.807) is 20.8 Å². The molecule has 0 aliphatic heterocycles. The highest BCUT2D eigenvalue weighted by atomic mass is 16.6. The Morgan fingerprint density at radius 1 is 1.00 bits per heavy atom. The van der Waals surface area contributed by atoms with Crippen molar-refractivity contribution in [3.8, 4) is 0 Å². The van der Waals surface area contributed by atoms with E-state index in [-0.39, 0.29) is 25.8 Å². The lowest BCUT2D eigenvalue weighted by molar-refractivity contribution is -0.191. The molecule has 1 amide bonds. The zero-order valence-electron chi connectivity index (χ0n) is 18.3.